The van der Waals surface area contributed by atoms with Crippen LogP contribution in [-0.2, 0) is 21.2 Å². The lowest BCUT2D eigenvalue weighted by Gasteiger charge is -2.22. The third kappa shape index (κ3) is 5.26. The van der Waals surface area contributed by atoms with Gasteiger partial charge in [-0.15, -0.1) is 0 Å². The molecule has 0 fully saturated rings. The summed E-state index contributed by atoms with van der Waals surface area (Å²) >= 11 is 0. The summed E-state index contributed by atoms with van der Waals surface area (Å²) < 4.78 is 38.9. The predicted molar refractivity (Wildman–Crippen MR) is 122 cm³/mol. The molecule has 0 aliphatic heterocycles. The molecule has 7 nitrogen and oxygen atoms in total. The molecule has 0 radical (unpaired) electrons. The van der Waals surface area contributed by atoms with Crippen LogP contribution in [0.3, 0.4) is 0 Å². The molecule has 0 saturated carbocycles. The molecule has 0 saturated heterocycles. The van der Waals surface area contributed by atoms with E-state index in [-0.39, 0.29) is 16.6 Å². The molecule has 2 unspecified atom stereocenters. The van der Waals surface area contributed by atoms with Crippen LogP contribution >= 0.6 is 0 Å². The molecule has 0 amide bonds. The average molecular weight is 458 g/mol. The van der Waals surface area contributed by atoms with Gasteiger partial charge in [0.1, 0.15) is 17.4 Å². The van der Waals surface area contributed by atoms with E-state index in [1.54, 1.807) is 31.2 Å². The Bertz CT molecular complexity index is 1280. The van der Waals surface area contributed by atoms with Crippen LogP contribution in [0.25, 0.3) is 11.0 Å². The van der Waals surface area contributed by atoms with Crippen molar-refractivity contribution >= 4 is 27.0 Å². The van der Waals surface area contributed by atoms with E-state index < -0.39 is 27.7 Å². The van der Waals surface area contributed by atoms with Crippen molar-refractivity contribution in [3.8, 4) is 5.75 Å². The van der Waals surface area contributed by atoms with Crippen molar-refractivity contribution in [3.05, 3.63) is 70.1 Å². The molecule has 8 heteroatoms. The minimum Gasteiger partial charge on any atom is -0.425 e. The fourth-order valence-corrected chi connectivity index (χ4v) is 4.62. The molecule has 2 atom stereocenters. The molecule has 0 aliphatic rings. The van der Waals surface area contributed by atoms with Crippen molar-refractivity contribution in [1.82, 2.24) is 4.72 Å². The van der Waals surface area contributed by atoms with E-state index in [2.05, 4.69) is 4.72 Å². The van der Waals surface area contributed by atoms with Crippen molar-refractivity contribution in [2.75, 3.05) is 0 Å². The van der Waals surface area contributed by atoms with Gasteiger partial charge in [0.15, 0.2) is 0 Å². The smallest absolute Gasteiger partial charge is 0.336 e. The molecule has 3 rings (SSSR count). The highest BCUT2D eigenvalue weighted by molar-refractivity contribution is 7.89. The lowest BCUT2D eigenvalue weighted by Crippen LogP contribution is -2.46. The second-order valence-corrected chi connectivity index (χ2v) is 9.53. The van der Waals surface area contributed by atoms with Gasteiger partial charge in [-0.05, 0) is 49.1 Å². The topological polar surface area (TPSA) is 103 Å². The van der Waals surface area contributed by atoms with E-state index in [0.717, 1.165) is 16.5 Å². The Morgan fingerprint density at radius 2 is 1.78 bits per heavy atom. The summed E-state index contributed by atoms with van der Waals surface area (Å²) in [6.07, 6.45) is 1.21. The van der Waals surface area contributed by atoms with Gasteiger partial charge in [-0.25, -0.2) is 18.0 Å². The number of benzene rings is 2. The molecule has 0 bridgehead atoms. The normalized spacial score (nSPS) is 13.6. The molecule has 3 aromatic rings. The number of carbonyl (C=O) groups excluding carboxylic acids is 1. The Morgan fingerprint density at radius 1 is 1.09 bits per heavy atom. The van der Waals surface area contributed by atoms with Crippen LogP contribution in [0.4, 0.5) is 0 Å². The highest BCUT2D eigenvalue weighted by Crippen LogP contribution is 2.24. The van der Waals surface area contributed by atoms with E-state index in [4.69, 9.17) is 9.15 Å². The van der Waals surface area contributed by atoms with Crippen LogP contribution in [0.15, 0.2) is 62.6 Å². The first kappa shape index (κ1) is 23.7. The molecular weight excluding hydrogens is 430 g/mol. The largest absolute Gasteiger partial charge is 0.425 e. The summed E-state index contributed by atoms with van der Waals surface area (Å²) in [5.41, 5.74) is 1.58. The van der Waals surface area contributed by atoms with E-state index in [9.17, 15) is 18.0 Å². The number of rotatable bonds is 8. The second kappa shape index (κ2) is 9.67. The molecule has 0 aliphatic carbocycles. The van der Waals surface area contributed by atoms with Crippen molar-refractivity contribution in [3.63, 3.8) is 0 Å². The highest BCUT2D eigenvalue weighted by atomic mass is 32.2. The molecule has 170 valence electrons. The molecular formula is C24H27NO6S. The van der Waals surface area contributed by atoms with Crippen LogP contribution < -0.4 is 15.1 Å². The van der Waals surface area contributed by atoms with Crippen molar-refractivity contribution < 1.29 is 22.4 Å². The van der Waals surface area contributed by atoms with Gasteiger partial charge >= 0.3 is 11.6 Å². The molecule has 1 heterocycles. The van der Waals surface area contributed by atoms with Crippen molar-refractivity contribution in [1.29, 1.82) is 0 Å². The van der Waals surface area contributed by atoms with Crippen LogP contribution in [0.5, 0.6) is 5.75 Å². The van der Waals surface area contributed by atoms with Gasteiger partial charge < -0.3 is 9.15 Å². The fraction of sp³-hybridized carbons (Fsp3) is 0.333. The number of carbonyl (C=O) groups is 1. The minimum absolute atomic E-state index is 0.0729. The third-order valence-corrected chi connectivity index (χ3v) is 6.94. The minimum atomic E-state index is -3.93. The fourth-order valence-electron chi connectivity index (χ4n) is 3.33. The Balaban J connectivity index is 1.88. The predicted octanol–water partition coefficient (Wildman–Crippen LogP) is 3.96. The SMILES string of the molecule is CCc1cc(=O)oc2cc(OC(=O)C(NS(=O)(=O)c3ccc(C)cc3)C(C)CC)ccc12. The maximum atomic E-state index is 13.0. The number of sulfonamides is 1. The average Bonchev–Trinajstić information content (AvgIpc) is 2.76. The zero-order valence-electron chi connectivity index (χ0n) is 18.5. The maximum absolute atomic E-state index is 13.0. The summed E-state index contributed by atoms with van der Waals surface area (Å²) in [7, 11) is -3.93. The van der Waals surface area contributed by atoms with Gasteiger partial charge in [-0.1, -0.05) is 44.9 Å². The lowest BCUT2D eigenvalue weighted by atomic mass is 10.0. The van der Waals surface area contributed by atoms with Crippen LogP contribution in [0.2, 0.25) is 0 Å². The van der Waals surface area contributed by atoms with Gasteiger partial charge in [0.05, 0.1) is 4.90 Å². The quantitative estimate of drug-likeness (QED) is 0.312. The van der Waals surface area contributed by atoms with E-state index in [0.29, 0.717) is 18.4 Å². The number of aryl methyl sites for hydroxylation is 2. The molecule has 1 aromatic heterocycles. The number of fused-ring (bicyclic) bond motifs is 1. The van der Waals surface area contributed by atoms with Crippen molar-refractivity contribution in [2.24, 2.45) is 5.92 Å². The standard InChI is InChI=1S/C24H27NO6S/c1-5-16(4)23(25-32(28,29)19-10-7-15(3)8-11-19)24(27)30-18-9-12-20-17(6-2)13-22(26)31-21(20)14-18/h7-14,16,23,25H,5-6H2,1-4H3. The summed E-state index contributed by atoms with van der Waals surface area (Å²) in [6, 6.07) is 11.5. The summed E-state index contributed by atoms with van der Waals surface area (Å²) in [4.78, 5) is 24.8. The van der Waals surface area contributed by atoms with Crippen LogP contribution in [0, 0.1) is 12.8 Å². The third-order valence-electron chi connectivity index (χ3n) is 5.48. The number of hydrogen-bond donors (Lipinski definition) is 1. The summed E-state index contributed by atoms with van der Waals surface area (Å²) in [5.74, 6) is -0.877. The van der Waals surface area contributed by atoms with Gasteiger partial charge in [0.25, 0.3) is 0 Å². The maximum Gasteiger partial charge on any atom is 0.336 e. The van der Waals surface area contributed by atoms with Gasteiger partial charge in [0.2, 0.25) is 10.0 Å². The number of hydrogen-bond acceptors (Lipinski definition) is 6. The number of ether oxygens (including phenoxy) is 1. The molecule has 0 spiro atoms. The number of esters is 1. The van der Waals surface area contributed by atoms with E-state index in [1.807, 2.05) is 20.8 Å². The van der Waals surface area contributed by atoms with E-state index in [1.165, 1.54) is 24.3 Å². The lowest BCUT2D eigenvalue weighted by molar-refractivity contribution is -0.137. The zero-order chi connectivity index (χ0) is 23.5. The second-order valence-electron chi connectivity index (χ2n) is 7.82. The van der Waals surface area contributed by atoms with Crippen molar-refractivity contribution in [2.45, 2.75) is 51.5 Å². The van der Waals surface area contributed by atoms with Gasteiger partial charge in [-0.3, -0.25) is 0 Å². The van der Waals surface area contributed by atoms with Crippen LogP contribution in [0.1, 0.15) is 38.3 Å². The Hall–Kier alpha value is -2.97. The monoisotopic (exact) mass is 457 g/mol. The molecule has 1 N–H and O–H groups in total. The highest BCUT2D eigenvalue weighted by Gasteiger charge is 2.31. The van der Waals surface area contributed by atoms with Gasteiger partial charge in [-0.2, -0.15) is 4.72 Å². The Labute approximate surface area is 187 Å². The summed E-state index contributed by atoms with van der Waals surface area (Å²) in [5, 5.41) is 0.755. The van der Waals surface area contributed by atoms with Crippen LogP contribution in [-0.4, -0.2) is 20.4 Å². The van der Waals surface area contributed by atoms with Gasteiger partial charge in [0, 0.05) is 17.5 Å². The first-order valence-corrected chi connectivity index (χ1v) is 12.0. The summed E-state index contributed by atoms with van der Waals surface area (Å²) in [6.45, 7) is 7.43. The first-order chi connectivity index (χ1) is 15.1. The molecule has 2 aromatic carbocycles. The number of nitrogens with one attached hydrogen (secondary N) is 1. The molecule has 32 heavy (non-hydrogen) atoms. The Kier molecular flexibility index (Phi) is 7.16. The first-order valence-electron chi connectivity index (χ1n) is 10.5. The van der Waals surface area contributed by atoms with E-state index >= 15 is 0 Å². The Morgan fingerprint density at radius 3 is 2.41 bits per heavy atom. The zero-order valence-corrected chi connectivity index (χ0v) is 19.4.